The largest absolute Gasteiger partial charge is 0.168 e. The van der Waals surface area contributed by atoms with E-state index in [4.69, 9.17) is 11.1 Å². The van der Waals surface area contributed by atoms with Gasteiger partial charge in [-0.25, -0.2) is 0 Å². The fraction of sp³-hybridized carbons (Fsp3) is 1.00. The fourth-order valence-electron chi connectivity index (χ4n) is 4.52. The molecule has 0 spiro atoms. The van der Waals surface area contributed by atoms with Crippen LogP contribution in [0.25, 0.3) is 0 Å². The number of hydrogen-bond donors (Lipinski definition) is 0. The first kappa shape index (κ1) is 14.9. The minimum atomic E-state index is -1.70. The normalized spacial score (nSPS) is 24.3. The highest BCUT2D eigenvalue weighted by Gasteiger charge is 2.57. The van der Waals surface area contributed by atoms with Crippen LogP contribution >= 0.6 is 11.1 Å². The van der Waals surface area contributed by atoms with Crippen molar-refractivity contribution in [1.29, 1.82) is 0 Å². The predicted molar refractivity (Wildman–Crippen MR) is 84.9 cm³/mol. The first-order valence-electron chi connectivity index (χ1n) is 8.09. The van der Waals surface area contributed by atoms with Crippen molar-refractivity contribution in [2.45, 2.75) is 95.2 Å². The smallest absolute Gasteiger partial charge is 0.166 e. The summed E-state index contributed by atoms with van der Waals surface area (Å²) in [6.45, 7) is 9.78. The van der Waals surface area contributed by atoms with E-state index in [1.165, 1.54) is 51.4 Å². The Morgan fingerprint density at radius 3 is 1.50 bits per heavy atom. The van der Waals surface area contributed by atoms with Crippen LogP contribution in [-0.4, -0.2) is 7.38 Å². The third kappa shape index (κ3) is 2.30. The second kappa shape index (κ2) is 5.48. The Morgan fingerprint density at radius 2 is 1.22 bits per heavy atom. The van der Waals surface area contributed by atoms with Crippen LogP contribution in [-0.2, 0) is 0 Å². The SMILES string of the molecule is CC(C)C(C)(C)[Si](Cl)(C1CCCC1)C1CCCC1. The standard InChI is InChI=1S/C16H31ClSi/c1-13(2)16(3,4)18(17,14-9-5-6-10-14)15-11-7-8-12-15/h13-15H,5-12H2,1-4H3. The highest BCUT2D eigenvalue weighted by atomic mass is 35.6. The van der Waals surface area contributed by atoms with E-state index >= 15 is 0 Å². The van der Waals surface area contributed by atoms with E-state index < -0.39 is 7.38 Å². The summed E-state index contributed by atoms with van der Waals surface area (Å²) in [5.41, 5.74) is 1.80. The molecule has 0 aromatic heterocycles. The molecule has 0 amide bonds. The predicted octanol–water partition coefficient (Wildman–Crippen LogP) is 6.50. The van der Waals surface area contributed by atoms with E-state index in [-0.39, 0.29) is 0 Å². The van der Waals surface area contributed by atoms with Crippen molar-refractivity contribution in [2.24, 2.45) is 5.92 Å². The van der Waals surface area contributed by atoms with Crippen molar-refractivity contribution in [3.05, 3.63) is 0 Å². The molecule has 0 aliphatic heterocycles. The van der Waals surface area contributed by atoms with Gasteiger partial charge >= 0.3 is 0 Å². The summed E-state index contributed by atoms with van der Waals surface area (Å²) in [5, 5.41) is 0.387. The Kier molecular flexibility index (Phi) is 4.54. The Bertz CT molecular complexity index is 257. The molecule has 2 heteroatoms. The molecule has 0 unspecified atom stereocenters. The van der Waals surface area contributed by atoms with Crippen LogP contribution in [0.3, 0.4) is 0 Å². The van der Waals surface area contributed by atoms with E-state index in [1.807, 2.05) is 0 Å². The zero-order valence-electron chi connectivity index (χ0n) is 12.8. The lowest BCUT2D eigenvalue weighted by molar-refractivity contribution is 0.443. The van der Waals surface area contributed by atoms with E-state index in [1.54, 1.807) is 0 Å². The molecule has 0 saturated heterocycles. The minimum Gasteiger partial charge on any atom is -0.166 e. The van der Waals surface area contributed by atoms with Gasteiger partial charge in [0.25, 0.3) is 0 Å². The van der Waals surface area contributed by atoms with Crippen LogP contribution in [0, 0.1) is 5.92 Å². The Labute approximate surface area is 120 Å². The first-order valence-corrected chi connectivity index (χ1v) is 11.3. The lowest BCUT2D eigenvalue weighted by Gasteiger charge is -2.50. The topological polar surface area (TPSA) is 0 Å². The maximum Gasteiger partial charge on any atom is 0.168 e. The van der Waals surface area contributed by atoms with Gasteiger partial charge in [0.2, 0.25) is 0 Å². The molecule has 2 aliphatic rings. The average molecular weight is 287 g/mol. The van der Waals surface area contributed by atoms with Crippen molar-refractivity contribution in [1.82, 2.24) is 0 Å². The second-order valence-corrected chi connectivity index (χ2v) is 13.9. The molecule has 2 fully saturated rings. The van der Waals surface area contributed by atoms with Crippen molar-refractivity contribution in [2.75, 3.05) is 0 Å². The fourth-order valence-corrected chi connectivity index (χ4v) is 12.6. The number of rotatable bonds is 4. The van der Waals surface area contributed by atoms with Gasteiger partial charge in [0.1, 0.15) is 0 Å². The second-order valence-electron chi connectivity index (χ2n) is 7.61. The average Bonchev–Trinajstić information content (AvgIpc) is 3.00. The lowest BCUT2D eigenvalue weighted by Crippen LogP contribution is -2.49. The summed E-state index contributed by atoms with van der Waals surface area (Å²) >= 11 is 7.58. The van der Waals surface area contributed by atoms with Gasteiger partial charge in [0.05, 0.1) is 0 Å². The molecule has 0 bridgehead atoms. The molecule has 2 rings (SSSR count). The van der Waals surface area contributed by atoms with Gasteiger partial charge in [-0.2, -0.15) is 11.1 Å². The van der Waals surface area contributed by atoms with Gasteiger partial charge < -0.3 is 0 Å². The van der Waals surface area contributed by atoms with Crippen LogP contribution in [0.5, 0.6) is 0 Å². The molecule has 0 aromatic rings. The summed E-state index contributed by atoms with van der Waals surface area (Å²) in [7, 11) is -1.70. The summed E-state index contributed by atoms with van der Waals surface area (Å²) in [6.07, 6.45) is 11.5. The maximum atomic E-state index is 7.58. The number of hydrogen-bond acceptors (Lipinski definition) is 0. The summed E-state index contributed by atoms with van der Waals surface area (Å²) in [6, 6.07) is 0. The quantitative estimate of drug-likeness (QED) is 0.409. The van der Waals surface area contributed by atoms with Crippen LogP contribution in [0.4, 0.5) is 0 Å². The van der Waals surface area contributed by atoms with Crippen molar-refractivity contribution in [3.8, 4) is 0 Å². The Balaban J connectivity index is 2.31. The third-order valence-electron chi connectivity index (χ3n) is 6.33. The first-order chi connectivity index (χ1) is 8.40. The molecule has 0 radical (unpaired) electrons. The molecule has 18 heavy (non-hydrogen) atoms. The summed E-state index contributed by atoms with van der Waals surface area (Å²) in [4.78, 5) is 0. The Morgan fingerprint density at radius 1 is 0.889 bits per heavy atom. The molecular weight excluding hydrogens is 256 g/mol. The van der Waals surface area contributed by atoms with E-state index in [9.17, 15) is 0 Å². The van der Waals surface area contributed by atoms with Gasteiger partial charge in [-0.05, 0) is 22.0 Å². The van der Waals surface area contributed by atoms with Gasteiger partial charge in [-0.15, -0.1) is 0 Å². The van der Waals surface area contributed by atoms with Crippen LogP contribution in [0.15, 0.2) is 0 Å². The van der Waals surface area contributed by atoms with Crippen molar-refractivity contribution in [3.63, 3.8) is 0 Å². The van der Waals surface area contributed by atoms with Gasteiger partial charge in [-0.3, -0.25) is 0 Å². The van der Waals surface area contributed by atoms with Gasteiger partial charge in [0, 0.05) is 0 Å². The van der Waals surface area contributed by atoms with Crippen LogP contribution < -0.4 is 0 Å². The minimum absolute atomic E-state index is 0.387. The van der Waals surface area contributed by atoms with Crippen molar-refractivity contribution >= 4 is 18.5 Å². The zero-order chi connectivity index (χ0) is 13.4. The third-order valence-corrected chi connectivity index (χ3v) is 15.7. The number of halogens is 1. The molecule has 0 aromatic carbocycles. The van der Waals surface area contributed by atoms with E-state index in [0.717, 1.165) is 17.0 Å². The van der Waals surface area contributed by atoms with Crippen molar-refractivity contribution < 1.29 is 0 Å². The molecule has 0 nitrogen and oxygen atoms in total. The lowest BCUT2D eigenvalue weighted by atomic mass is 9.99. The molecule has 0 heterocycles. The van der Waals surface area contributed by atoms with E-state index in [2.05, 4.69) is 27.7 Å². The maximum absolute atomic E-state index is 7.58. The van der Waals surface area contributed by atoms with Crippen LogP contribution in [0.2, 0.25) is 16.1 Å². The van der Waals surface area contributed by atoms with Gasteiger partial charge in [-0.1, -0.05) is 79.1 Å². The molecular formula is C16H31ClSi. The highest BCUT2D eigenvalue weighted by molar-refractivity contribution is 7.23. The monoisotopic (exact) mass is 286 g/mol. The summed E-state index contributed by atoms with van der Waals surface area (Å²) in [5.74, 6) is 0.725. The molecule has 2 aliphatic carbocycles. The van der Waals surface area contributed by atoms with Crippen LogP contribution in [0.1, 0.15) is 79.1 Å². The Hall–Kier alpha value is 0.507. The molecule has 106 valence electrons. The molecule has 0 atom stereocenters. The zero-order valence-corrected chi connectivity index (χ0v) is 14.5. The molecule has 2 saturated carbocycles. The van der Waals surface area contributed by atoms with Gasteiger partial charge in [0.15, 0.2) is 7.38 Å². The summed E-state index contributed by atoms with van der Waals surface area (Å²) < 4.78 is 0. The highest BCUT2D eigenvalue weighted by Crippen LogP contribution is 2.63. The molecule has 0 N–H and O–H groups in total. The van der Waals surface area contributed by atoms with E-state index in [0.29, 0.717) is 5.04 Å².